The Labute approximate surface area is 118 Å². The second-order valence-electron chi connectivity index (χ2n) is 4.02. The summed E-state index contributed by atoms with van der Waals surface area (Å²) in [5.74, 6) is 0. The lowest BCUT2D eigenvalue weighted by Crippen LogP contribution is -2.05. The highest BCUT2D eigenvalue weighted by atomic mass is 32.2. The van der Waals surface area contributed by atoms with E-state index in [1.807, 2.05) is 19.2 Å². The minimum absolute atomic E-state index is 0.479. The van der Waals surface area contributed by atoms with Crippen LogP contribution in [-0.4, -0.2) is 17.0 Å². The topological polar surface area (TPSA) is 37.8 Å². The summed E-state index contributed by atoms with van der Waals surface area (Å²) in [6.45, 7) is 0.719. The van der Waals surface area contributed by atoms with Crippen LogP contribution in [0.2, 0.25) is 0 Å². The normalized spacial score (nSPS) is 11.6. The summed E-state index contributed by atoms with van der Waals surface area (Å²) in [6, 6.07) is 6.09. The number of alkyl halides is 3. The number of nitrogens with zero attached hydrogens (tertiary/aromatic N) is 2. The average Bonchev–Trinajstić information content (AvgIpc) is 2.41. The summed E-state index contributed by atoms with van der Waals surface area (Å²) in [4.78, 5) is 8.01. The largest absolute Gasteiger partial charge is 0.417 e. The van der Waals surface area contributed by atoms with Crippen LogP contribution in [0.1, 0.15) is 11.1 Å². The molecule has 2 aromatic heterocycles. The van der Waals surface area contributed by atoms with E-state index in [-0.39, 0.29) is 0 Å². The van der Waals surface area contributed by atoms with Crippen molar-refractivity contribution in [3.05, 3.63) is 47.8 Å². The van der Waals surface area contributed by atoms with Gasteiger partial charge in [-0.2, -0.15) is 13.2 Å². The van der Waals surface area contributed by atoms with Gasteiger partial charge in [-0.25, -0.2) is 9.97 Å². The Morgan fingerprint density at radius 2 is 1.70 bits per heavy atom. The van der Waals surface area contributed by atoms with Crippen LogP contribution in [0.4, 0.5) is 13.2 Å². The maximum atomic E-state index is 12.4. The molecule has 3 nitrogen and oxygen atoms in total. The van der Waals surface area contributed by atoms with Gasteiger partial charge in [-0.05, 0) is 30.8 Å². The summed E-state index contributed by atoms with van der Waals surface area (Å²) in [7, 11) is 1.84. The Bertz CT molecular complexity index is 553. The Morgan fingerprint density at radius 1 is 1.05 bits per heavy atom. The molecule has 0 saturated heterocycles. The number of rotatable bonds is 4. The zero-order chi connectivity index (χ0) is 14.6. The summed E-state index contributed by atoms with van der Waals surface area (Å²) in [5.41, 5.74) is 0.288. The van der Waals surface area contributed by atoms with Crippen molar-refractivity contribution in [2.24, 2.45) is 0 Å². The lowest BCUT2D eigenvalue weighted by Gasteiger charge is -2.06. The Morgan fingerprint density at radius 3 is 2.15 bits per heavy atom. The van der Waals surface area contributed by atoms with Gasteiger partial charge in [-0.15, -0.1) is 0 Å². The summed E-state index contributed by atoms with van der Waals surface area (Å²) >= 11 is 1.22. The molecule has 0 spiro atoms. The predicted octanol–water partition coefficient (Wildman–Crippen LogP) is 3.37. The van der Waals surface area contributed by atoms with Crippen LogP contribution in [0.3, 0.4) is 0 Å². The fourth-order valence-corrected chi connectivity index (χ4v) is 2.19. The number of halogens is 3. The van der Waals surface area contributed by atoms with Crippen molar-refractivity contribution in [3.8, 4) is 0 Å². The van der Waals surface area contributed by atoms with Crippen LogP contribution in [0.25, 0.3) is 0 Å². The van der Waals surface area contributed by atoms with E-state index in [9.17, 15) is 13.2 Å². The Hall–Kier alpha value is -1.60. The molecule has 1 N–H and O–H groups in total. The molecule has 20 heavy (non-hydrogen) atoms. The summed E-state index contributed by atoms with van der Waals surface area (Å²) in [5, 5.41) is 4.18. The maximum Gasteiger partial charge on any atom is 0.417 e. The third-order valence-electron chi connectivity index (χ3n) is 2.45. The second-order valence-corrected chi connectivity index (χ2v) is 5.06. The van der Waals surface area contributed by atoms with E-state index in [1.54, 1.807) is 6.20 Å². The van der Waals surface area contributed by atoms with E-state index in [4.69, 9.17) is 0 Å². The first-order valence-corrected chi connectivity index (χ1v) is 6.61. The van der Waals surface area contributed by atoms with Gasteiger partial charge in [0.05, 0.1) is 5.56 Å². The van der Waals surface area contributed by atoms with Crippen molar-refractivity contribution in [2.45, 2.75) is 22.8 Å². The molecular weight excluding hydrogens is 287 g/mol. The first kappa shape index (κ1) is 14.8. The molecule has 0 bridgehead atoms. The van der Waals surface area contributed by atoms with E-state index in [2.05, 4.69) is 15.3 Å². The van der Waals surface area contributed by atoms with E-state index in [1.165, 1.54) is 17.8 Å². The van der Waals surface area contributed by atoms with E-state index in [0.717, 1.165) is 24.4 Å². The zero-order valence-corrected chi connectivity index (χ0v) is 11.4. The molecule has 7 heteroatoms. The SMILES string of the molecule is CNCc1ccc(Sc2ccc(C(F)(F)F)cn2)nc1. The van der Waals surface area contributed by atoms with Crippen molar-refractivity contribution in [3.63, 3.8) is 0 Å². The quantitative estimate of drug-likeness (QED) is 0.939. The fraction of sp³-hybridized carbons (Fsp3) is 0.231. The number of hydrogen-bond donors (Lipinski definition) is 1. The van der Waals surface area contributed by atoms with E-state index in [0.29, 0.717) is 10.1 Å². The lowest BCUT2D eigenvalue weighted by molar-refractivity contribution is -0.137. The predicted molar refractivity (Wildman–Crippen MR) is 70.4 cm³/mol. The molecule has 0 saturated carbocycles. The first-order valence-electron chi connectivity index (χ1n) is 5.79. The van der Waals surface area contributed by atoms with Gasteiger partial charge < -0.3 is 5.32 Å². The van der Waals surface area contributed by atoms with Crippen LogP contribution >= 0.6 is 11.8 Å². The van der Waals surface area contributed by atoms with Crippen molar-refractivity contribution in [1.82, 2.24) is 15.3 Å². The smallest absolute Gasteiger partial charge is 0.316 e. The minimum atomic E-state index is -4.36. The van der Waals surface area contributed by atoms with Crippen LogP contribution in [0, 0.1) is 0 Å². The number of nitrogens with one attached hydrogen (secondary N) is 1. The minimum Gasteiger partial charge on any atom is -0.316 e. The van der Waals surface area contributed by atoms with Crippen molar-refractivity contribution >= 4 is 11.8 Å². The van der Waals surface area contributed by atoms with E-state index >= 15 is 0 Å². The molecule has 0 amide bonds. The molecule has 0 atom stereocenters. The first-order chi connectivity index (χ1) is 9.49. The molecule has 106 valence electrons. The molecule has 0 aliphatic carbocycles. The highest BCUT2D eigenvalue weighted by Gasteiger charge is 2.30. The van der Waals surface area contributed by atoms with Crippen molar-refractivity contribution in [1.29, 1.82) is 0 Å². The lowest BCUT2D eigenvalue weighted by atomic mass is 10.3. The summed E-state index contributed by atoms with van der Waals surface area (Å²) in [6.07, 6.45) is -1.80. The zero-order valence-electron chi connectivity index (χ0n) is 10.6. The van der Waals surface area contributed by atoms with Crippen molar-refractivity contribution in [2.75, 3.05) is 7.05 Å². The van der Waals surface area contributed by atoms with Gasteiger partial charge in [-0.1, -0.05) is 17.8 Å². The van der Waals surface area contributed by atoms with Gasteiger partial charge in [-0.3, -0.25) is 0 Å². The number of pyridine rings is 2. The number of hydrogen-bond acceptors (Lipinski definition) is 4. The molecule has 0 unspecified atom stereocenters. The van der Waals surface area contributed by atoms with Gasteiger partial charge in [0.25, 0.3) is 0 Å². The monoisotopic (exact) mass is 299 g/mol. The van der Waals surface area contributed by atoms with Crippen LogP contribution in [0.15, 0.2) is 46.7 Å². The molecule has 0 aliphatic rings. The Balaban J connectivity index is 2.06. The molecule has 0 radical (unpaired) electrons. The molecular formula is C13H12F3N3S. The molecule has 2 aromatic rings. The molecule has 0 fully saturated rings. The third-order valence-corrected chi connectivity index (χ3v) is 3.35. The molecule has 2 rings (SSSR count). The highest BCUT2D eigenvalue weighted by molar-refractivity contribution is 7.99. The maximum absolute atomic E-state index is 12.4. The molecule has 0 aliphatic heterocycles. The van der Waals surface area contributed by atoms with Crippen LogP contribution < -0.4 is 5.32 Å². The number of aromatic nitrogens is 2. The van der Waals surface area contributed by atoms with Gasteiger partial charge in [0, 0.05) is 18.9 Å². The van der Waals surface area contributed by atoms with Gasteiger partial charge in [0.15, 0.2) is 0 Å². The van der Waals surface area contributed by atoms with Crippen molar-refractivity contribution < 1.29 is 13.2 Å². The fourth-order valence-electron chi connectivity index (χ4n) is 1.50. The standard InChI is InChI=1S/C13H12F3N3S/c1-17-6-9-2-4-11(18-7-9)20-12-5-3-10(8-19-12)13(14,15)16/h2-5,7-8,17H,6H2,1H3. The van der Waals surface area contributed by atoms with Gasteiger partial charge in [0.1, 0.15) is 10.1 Å². The highest BCUT2D eigenvalue weighted by Crippen LogP contribution is 2.30. The molecule has 0 aromatic carbocycles. The van der Waals surface area contributed by atoms with Gasteiger partial charge >= 0.3 is 6.18 Å². The van der Waals surface area contributed by atoms with E-state index < -0.39 is 11.7 Å². The van der Waals surface area contributed by atoms with Gasteiger partial charge in [0.2, 0.25) is 0 Å². The average molecular weight is 299 g/mol. The van der Waals surface area contributed by atoms with Crippen LogP contribution in [-0.2, 0) is 12.7 Å². The Kier molecular flexibility index (Phi) is 4.61. The molecule has 2 heterocycles. The second kappa shape index (κ2) is 6.23. The summed E-state index contributed by atoms with van der Waals surface area (Å²) < 4.78 is 37.2. The van der Waals surface area contributed by atoms with Crippen LogP contribution in [0.5, 0.6) is 0 Å². The third kappa shape index (κ3) is 3.94.